The molecule has 0 atom stereocenters. The first-order valence-corrected chi connectivity index (χ1v) is 7.26. The summed E-state index contributed by atoms with van der Waals surface area (Å²) in [7, 11) is 0. The second kappa shape index (κ2) is 5.94. The first kappa shape index (κ1) is 13.7. The minimum absolute atomic E-state index is 0.467. The van der Waals surface area contributed by atoms with Gasteiger partial charge in [0.05, 0.1) is 17.4 Å². The fourth-order valence-electron chi connectivity index (χ4n) is 1.79. The van der Waals surface area contributed by atoms with E-state index in [4.69, 9.17) is 0 Å². The van der Waals surface area contributed by atoms with Crippen LogP contribution in [-0.2, 0) is 6.42 Å². The topological polar surface area (TPSA) is 41.6 Å². The lowest BCUT2D eigenvalue weighted by atomic mass is 10.2. The van der Waals surface area contributed by atoms with E-state index in [2.05, 4.69) is 31.9 Å². The van der Waals surface area contributed by atoms with Crippen LogP contribution in [0, 0.1) is 11.3 Å². The van der Waals surface area contributed by atoms with Crippen molar-refractivity contribution < 1.29 is 0 Å². The second-order valence-corrected chi connectivity index (χ2v) is 6.22. The predicted octanol–water partition coefficient (Wildman–Crippen LogP) is 3.81. The van der Waals surface area contributed by atoms with E-state index in [9.17, 15) is 5.26 Å². The molecule has 0 unspecified atom stereocenters. The summed E-state index contributed by atoms with van der Waals surface area (Å²) in [5.41, 5.74) is 2.84. The lowest BCUT2D eigenvalue weighted by Crippen LogP contribution is -1.96. The highest BCUT2D eigenvalue weighted by molar-refractivity contribution is 8.00. The average Bonchev–Trinajstić information content (AvgIpc) is 2.87. The van der Waals surface area contributed by atoms with E-state index in [1.165, 1.54) is 5.56 Å². The van der Waals surface area contributed by atoms with E-state index in [0.717, 1.165) is 17.0 Å². The van der Waals surface area contributed by atoms with Crippen LogP contribution < -0.4 is 0 Å². The number of hydrogen-bond donors (Lipinski definition) is 0. The van der Waals surface area contributed by atoms with Gasteiger partial charge in [-0.25, -0.2) is 4.68 Å². The van der Waals surface area contributed by atoms with Gasteiger partial charge in [0.2, 0.25) is 0 Å². The Bertz CT molecular complexity index is 608. The van der Waals surface area contributed by atoms with Crippen molar-refractivity contribution >= 4 is 11.8 Å². The molecule has 0 aliphatic rings. The molecule has 2 rings (SSSR count). The molecule has 0 amide bonds. The third-order valence-corrected chi connectivity index (χ3v) is 3.84. The van der Waals surface area contributed by atoms with Crippen molar-refractivity contribution in [1.82, 2.24) is 9.78 Å². The van der Waals surface area contributed by atoms with Gasteiger partial charge in [0.15, 0.2) is 0 Å². The molecule has 1 aromatic heterocycles. The van der Waals surface area contributed by atoms with Crippen molar-refractivity contribution in [2.24, 2.45) is 0 Å². The Labute approximate surface area is 118 Å². The fraction of sp³-hybridized carbons (Fsp3) is 0.333. The molecular formula is C15H17N3S. The Morgan fingerprint density at radius 2 is 2.21 bits per heavy atom. The smallest absolute Gasteiger partial charge is 0.100 e. The molecular weight excluding hydrogens is 254 g/mol. The monoisotopic (exact) mass is 271 g/mol. The molecule has 0 aliphatic carbocycles. The van der Waals surface area contributed by atoms with Gasteiger partial charge in [0.1, 0.15) is 6.07 Å². The van der Waals surface area contributed by atoms with Crippen LogP contribution in [-0.4, -0.2) is 15.0 Å². The highest BCUT2D eigenvalue weighted by atomic mass is 32.2. The summed E-state index contributed by atoms with van der Waals surface area (Å²) in [6.07, 6.45) is 4.83. The minimum atomic E-state index is 0.467. The Balaban J connectivity index is 2.36. The maximum atomic E-state index is 9.26. The normalized spacial score (nSPS) is 10.7. The maximum Gasteiger partial charge on any atom is 0.100 e. The van der Waals surface area contributed by atoms with Gasteiger partial charge in [-0.2, -0.15) is 10.4 Å². The minimum Gasteiger partial charge on any atom is -0.241 e. The zero-order chi connectivity index (χ0) is 13.8. The van der Waals surface area contributed by atoms with E-state index in [1.807, 2.05) is 35.3 Å². The van der Waals surface area contributed by atoms with E-state index in [0.29, 0.717) is 10.8 Å². The number of benzene rings is 1. The van der Waals surface area contributed by atoms with Crippen molar-refractivity contribution in [3.05, 3.63) is 41.7 Å². The van der Waals surface area contributed by atoms with Crippen LogP contribution in [0.2, 0.25) is 0 Å². The molecule has 3 nitrogen and oxygen atoms in total. The van der Waals surface area contributed by atoms with Crippen LogP contribution in [0.1, 0.15) is 31.9 Å². The Kier molecular flexibility index (Phi) is 4.28. The van der Waals surface area contributed by atoms with Crippen LogP contribution >= 0.6 is 11.8 Å². The van der Waals surface area contributed by atoms with Crippen LogP contribution in [0.15, 0.2) is 35.5 Å². The molecule has 4 heteroatoms. The molecule has 0 aliphatic heterocycles. The molecule has 2 aromatic rings. The summed E-state index contributed by atoms with van der Waals surface area (Å²) in [4.78, 5) is 1.03. The van der Waals surface area contributed by atoms with E-state index >= 15 is 0 Å². The molecule has 0 N–H and O–H groups in total. The van der Waals surface area contributed by atoms with Crippen LogP contribution in [0.4, 0.5) is 0 Å². The SMILES string of the molecule is CCc1cnn(-c2ccc(SC(C)C)c(C#N)c2)c1. The van der Waals surface area contributed by atoms with Crippen LogP contribution in [0.25, 0.3) is 5.69 Å². The summed E-state index contributed by atoms with van der Waals surface area (Å²) in [5, 5.41) is 14.1. The van der Waals surface area contributed by atoms with Gasteiger partial charge in [0.25, 0.3) is 0 Å². The lowest BCUT2D eigenvalue weighted by molar-refractivity contribution is 0.877. The first-order chi connectivity index (χ1) is 9.13. The second-order valence-electron chi connectivity index (χ2n) is 4.61. The quantitative estimate of drug-likeness (QED) is 0.794. The van der Waals surface area contributed by atoms with Crippen molar-refractivity contribution in [3.63, 3.8) is 0 Å². The highest BCUT2D eigenvalue weighted by Gasteiger charge is 2.08. The number of aromatic nitrogens is 2. The first-order valence-electron chi connectivity index (χ1n) is 6.38. The zero-order valence-electron chi connectivity index (χ0n) is 11.4. The summed E-state index contributed by atoms with van der Waals surface area (Å²) >= 11 is 1.71. The maximum absolute atomic E-state index is 9.26. The van der Waals surface area contributed by atoms with Gasteiger partial charge in [-0.1, -0.05) is 20.8 Å². The molecule has 0 saturated heterocycles. The van der Waals surface area contributed by atoms with Gasteiger partial charge >= 0.3 is 0 Å². The fourth-order valence-corrected chi connectivity index (χ4v) is 2.67. The average molecular weight is 271 g/mol. The number of aryl methyl sites for hydroxylation is 1. The van der Waals surface area contributed by atoms with Crippen LogP contribution in [0.3, 0.4) is 0 Å². The zero-order valence-corrected chi connectivity index (χ0v) is 12.2. The molecule has 1 heterocycles. The van der Waals surface area contributed by atoms with E-state index < -0.39 is 0 Å². The molecule has 0 fully saturated rings. The number of nitriles is 1. The van der Waals surface area contributed by atoms with Crippen molar-refractivity contribution in [3.8, 4) is 11.8 Å². The molecule has 0 spiro atoms. The van der Waals surface area contributed by atoms with Crippen molar-refractivity contribution in [1.29, 1.82) is 5.26 Å². The molecule has 98 valence electrons. The number of rotatable bonds is 4. The Morgan fingerprint density at radius 1 is 1.42 bits per heavy atom. The summed E-state index contributed by atoms with van der Waals surface area (Å²) < 4.78 is 1.82. The Morgan fingerprint density at radius 3 is 2.79 bits per heavy atom. The van der Waals surface area contributed by atoms with Gasteiger partial charge < -0.3 is 0 Å². The van der Waals surface area contributed by atoms with Gasteiger partial charge in [0, 0.05) is 16.3 Å². The van der Waals surface area contributed by atoms with E-state index in [-0.39, 0.29) is 0 Å². The largest absolute Gasteiger partial charge is 0.241 e. The third-order valence-electron chi connectivity index (χ3n) is 2.76. The van der Waals surface area contributed by atoms with Gasteiger partial charge in [-0.05, 0) is 30.2 Å². The van der Waals surface area contributed by atoms with Gasteiger partial charge in [-0.3, -0.25) is 0 Å². The number of hydrogen-bond acceptors (Lipinski definition) is 3. The molecule has 0 bridgehead atoms. The summed E-state index contributed by atoms with van der Waals surface area (Å²) in [6.45, 7) is 6.35. The lowest BCUT2D eigenvalue weighted by Gasteiger charge is -2.08. The number of nitrogens with zero attached hydrogens (tertiary/aromatic N) is 3. The summed E-state index contributed by atoms with van der Waals surface area (Å²) in [5.74, 6) is 0. The molecule has 1 aromatic carbocycles. The van der Waals surface area contributed by atoms with Crippen molar-refractivity contribution in [2.75, 3.05) is 0 Å². The standard InChI is InChI=1S/C15H17N3S/c1-4-12-9-17-18(10-12)14-5-6-15(19-11(2)3)13(7-14)8-16/h5-7,9-11H,4H2,1-3H3. The number of thioether (sulfide) groups is 1. The van der Waals surface area contributed by atoms with Crippen molar-refractivity contribution in [2.45, 2.75) is 37.3 Å². The summed E-state index contributed by atoms with van der Waals surface area (Å²) in [6, 6.07) is 8.19. The molecule has 0 radical (unpaired) electrons. The molecule has 0 saturated carbocycles. The van der Waals surface area contributed by atoms with E-state index in [1.54, 1.807) is 11.8 Å². The third kappa shape index (κ3) is 3.18. The predicted molar refractivity (Wildman–Crippen MR) is 78.7 cm³/mol. The molecule has 19 heavy (non-hydrogen) atoms. The Hall–Kier alpha value is -1.73. The van der Waals surface area contributed by atoms with Gasteiger partial charge in [-0.15, -0.1) is 11.8 Å². The van der Waals surface area contributed by atoms with Crippen LogP contribution in [0.5, 0.6) is 0 Å². The highest BCUT2D eigenvalue weighted by Crippen LogP contribution is 2.27.